The smallest absolute Gasteiger partial charge is 0.281 e. The normalized spacial score (nSPS) is 17.5. The van der Waals surface area contributed by atoms with E-state index in [0.29, 0.717) is 17.4 Å². The van der Waals surface area contributed by atoms with E-state index < -0.39 is 0 Å². The third kappa shape index (κ3) is 3.24. The molecular formula is C20H20N2O2S. The quantitative estimate of drug-likeness (QED) is 0.545. The Morgan fingerprint density at radius 2 is 2.16 bits per heavy atom. The monoisotopic (exact) mass is 352 g/mol. The Bertz CT molecular complexity index is 934. The van der Waals surface area contributed by atoms with E-state index in [1.165, 1.54) is 16.9 Å². The molecule has 0 bridgehead atoms. The fourth-order valence-corrected chi connectivity index (χ4v) is 4.32. The second kappa shape index (κ2) is 6.48. The van der Waals surface area contributed by atoms with Crippen LogP contribution in [0.1, 0.15) is 46.1 Å². The van der Waals surface area contributed by atoms with Crippen molar-refractivity contribution in [1.82, 2.24) is 5.43 Å². The summed E-state index contributed by atoms with van der Waals surface area (Å²) in [6.45, 7) is 4.10. The van der Waals surface area contributed by atoms with Crippen LogP contribution in [-0.2, 0) is 12.8 Å². The molecular weight excluding hydrogens is 332 g/mol. The summed E-state index contributed by atoms with van der Waals surface area (Å²) in [7, 11) is 0. The minimum atomic E-state index is -0.150. The summed E-state index contributed by atoms with van der Waals surface area (Å²) in [6.07, 6.45) is 3.36. The van der Waals surface area contributed by atoms with E-state index in [1.54, 1.807) is 11.3 Å². The standard InChI is InChI=1S/C20H20N2O2S/c1-12-7-8-18-15(9-12)11-19(25-18)20(23)22-21-13(2)17-10-14-5-3-4-6-16(14)24-17/h3-6,10-12H,7-9H2,1-2H3,(H,22,23)/b21-13-/t12-/m1/s1. The molecule has 0 aliphatic heterocycles. The van der Waals surface area contributed by atoms with Crippen molar-refractivity contribution >= 4 is 33.9 Å². The van der Waals surface area contributed by atoms with Crippen LogP contribution in [-0.4, -0.2) is 11.6 Å². The van der Waals surface area contributed by atoms with Crippen molar-refractivity contribution in [2.24, 2.45) is 11.0 Å². The first-order valence-corrected chi connectivity index (χ1v) is 9.37. The van der Waals surface area contributed by atoms with E-state index in [4.69, 9.17) is 4.42 Å². The lowest BCUT2D eigenvalue weighted by Crippen LogP contribution is -2.18. The van der Waals surface area contributed by atoms with Gasteiger partial charge in [-0.05, 0) is 55.9 Å². The van der Waals surface area contributed by atoms with E-state index in [0.717, 1.165) is 28.7 Å². The summed E-state index contributed by atoms with van der Waals surface area (Å²) in [5.74, 6) is 1.22. The van der Waals surface area contributed by atoms with E-state index in [1.807, 2.05) is 43.3 Å². The Morgan fingerprint density at radius 3 is 3.00 bits per heavy atom. The number of hydrogen-bond acceptors (Lipinski definition) is 4. The van der Waals surface area contributed by atoms with E-state index >= 15 is 0 Å². The fraction of sp³-hybridized carbons (Fsp3) is 0.300. The maximum atomic E-state index is 12.4. The minimum Gasteiger partial charge on any atom is -0.455 e. The molecule has 4 nitrogen and oxygen atoms in total. The van der Waals surface area contributed by atoms with Crippen LogP contribution < -0.4 is 5.43 Å². The highest BCUT2D eigenvalue weighted by atomic mass is 32.1. The average Bonchev–Trinajstić information content (AvgIpc) is 3.22. The largest absolute Gasteiger partial charge is 0.455 e. The second-order valence-electron chi connectivity index (χ2n) is 6.69. The number of hydrogen-bond donors (Lipinski definition) is 1. The topological polar surface area (TPSA) is 54.6 Å². The van der Waals surface area contributed by atoms with Gasteiger partial charge >= 0.3 is 0 Å². The third-order valence-electron chi connectivity index (χ3n) is 4.66. The number of nitrogens with zero attached hydrogens (tertiary/aromatic N) is 1. The van der Waals surface area contributed by atoms with Crippen molar-refractivity contribution in [2.75, 3.05) is 0 Å². The third-order valence-corrected chi connectivity index (χ3v) is 5.90. The number of rotatable bonds is 3. The first-order chi connectivity index (χ1) is 12.1. The molecule has 1 aromatic carbocycles. The summed E-state index contributed by atoms with van der Waals surface area (Å²) in [4.78, 5) is 14.5. The number of para-hydroxylation sites is 1. The number of amides is 1. The molecule has 3 aromatic rings. The van der Waals surface area contributed by atoms with Crippen LogP contribution in [0.2, 0.25) is 0 Å². The first-order valence-electron chi connectivity index (χ1n) is 8.55. The minimum absolute atomic E-state index is 0.150. The second-order valence-corrected chi connectivity index (χ2v) is 7.83. The van der Waals surface area contributed by atoms with Crippen molar-refractivity contribution in [2.45, 2.75) is 33.1 Å². The highest BCUT2D eigenvalue weighted by Gasteiger charge is 2.20. The van der Waals surface area contributed by atoms with Crippen molar-refractivity contribution < 1.29 is 9.21 Å². The van der Waals surface area contributed by atoms with Gasteiger partial charge < -0.3 is 4.42 Å². The zero-order chi connectivity index (χ0) is 17.4. The fourth-order valence-electron chi connectivity index (χ4n) is 3.22. The summed E-state index contributed by atoms with van der Waals surface area (Å²) in [5, 5.41) is 5.24. The molecule has 0 unspecified atom stereocenters. The molecule has 0 spiro atoms. The molecule has 128 valence electrons. The van der Waals surface area contributed by atoms with Gasteiger partial charge in [-0.2, -0.15) is 5.10 Å². The summed E-state index contributed by atoms with van der Waals surface area (Å²) < 4.78 is 5.77. The number of thiophene rings is 1. The van der Waals surface area contributed by atoms with Crippen molar-refractivity contribution in [3.8, 4) is 0 Å². The molecule has 25 heavy (non-hydrogen) atoms. The average molecular weight is 352 g/mol. The lowest BCUT2D eigenvalue weighted by atomic mass is 9.90. The first kappa shape index (κ1) is 16.1. The lowest BCUT2D eigenvalue weighted by Gasteiger charge is -2.16. The van der Waals surface area contributed by atoms with Gasteiger partial charge in [0.15, 0.2) is 5.76 Å². The SMILES string of the molecule is C/C(=N/NC(=O)c1cc2c(s1)CC[C@@H](C)C2)c1cc2ccccc2o1. The van der Waals surface area contributed by atoms with Gasteiger partial charge in [-0.25, -0.2) is 5.43 Å². The molecule has 1 atom stereocenters. The maximum Gasteiger partial charge on any atom is 0.281 e. The molecule has 5 heteroatoms. The summed E-state index contributed by atoms with van der Waals surface area (Å²) in [6, 6.07) is 11.8. The van der Waals surface area contributed by atoms with E-state index in [-0.39, 0.29) is 5.91 Å². The molecule has 0 radical (unpaired) electrons. The molecule has 2 aromatic heterocycles. The Balaban J connectivity index is 1.50. The number of nitrogens with one attached hydrogen (secondary N) is 1. The molecule has 0 fully saturated rings. The number of benzene rings is 1. The molecule has 0 saturated carbocycles. The van der Waals surface area contributed by atoms with Crippen LogP contribution >= 0.6 is 11.3 Å². The maximum absolute atomic E-state index is 12.4. The van der Waals surface area contributed by atoms with Crippen LogP contribution in [0.3, 0.4) is 0 Å². The van der Waals surface area contributed by atoms with Gasteiger partial charge in [-0.3, -0.25) is 4.79 Å². The molecule has 1 aliphatic rings. The van der Waals surface area contributed by atoms with Crippen molar-refractivity contribution in [3.05, 3.63) is 57.5 Å². The van der Waals surface area contributed by atoms with Crippen LogP contribution in [0.5, 0.6) is 0 Å². The predicted molar refractivity (Wildman–Crippen MR) is 101 cm³/mol. The predicted octanol–water partition coefficient (Wildman–Crippen LogP) is 4.77. The molecule has 1 N–H and O–H groups in total. The Hall–Kier alpha value is -2.40. The van der Waals surface area contributed by atoms with Crippen LogP contribution in [0, 0.1) is 5.92 Å². The highest BCUT2D eigenvalue weighted by Crippen LogP contribution is 2.32. The molecule has 4 rings (SSSR count). The number of carbonyl (C=O) groups is 1. The van der Waals surface area contributed by atoms with Crippen LogP contribution in [0.4, 0.5) is 0 Å². The molecule has 1 amide bonds. The van der Waals surface area contributed by atoms with Gasteiger partial charge in [0.1, 0.15) is 11.3 Å². The van der Waals surface area contributed by atoms with Gasteiger partial charge in [0.05, 0.1) is 4.88 Å². The van der Waals surface area contributed by atoms with Gasteiger partial charge in [0.2, 0.25) is 0 Å². The lowest BCUT2D eigenvalue weighted by molar-refractivity contribution is 0.0959. The van der Waals surface area contributed by atoms with E-state index in [2.05, 4.69) is 17.5 Å². The molecule has 2 heterocycles. The van der Waals surface area contributed by atoms with Crippen molar-refractivity contribution in [3.63, 3.8) is 0 Å². The number of aryl methyl sites for hydroxylation is 1. The zero-order valence-corrected chi connectivity index (χ0v) is 15.2. The number of fused-ring (bicyclic) bond motifs is 2. The Morgan fingerprint density at radius 1 is 1.32 bits per heavy atom. The van der Waals surface area contributed by atoms with Gasteiger partial charge in [0, 0.05) is 10.3 Å². The van der Waals surface area contributed by atoms with Crippen LogP contribution in [0.25, 0.3) is 11.0 Å². The Labute approximate surface area is 150 Å². The van der Waals surface area contributed by atoms with Gasteiger partial charge in [0.25, 0.3) is 5.91 Å². The van der Waals surface area contributed by atoms with E-state index in [9.17, 15) is 4.79 Å². The van der Waals surface area contributed by atoms with Crippen LogP contribution in [0.15, 0.2) is 45.9 Å². The summed E-state index contributed by atoms with van der Waals surface area (Å²) in [5.41, 5.74) is 5.46. The molecule has 1 aliphatic carbocycles. The van der Waals surface area contributed by atoms with Gasteiger partial charge in [-0.1, -0.05) is 25.1 Å². The van der Waals surface area contributed by atoms with Crippen molar-refractivity contribution in [1.29, 1.82) is 0 Å². The Kier molecular flexibility index (Phi) is 4.17. The highest BCUT2D eigenvalue weighted by molar-refractivity contribution is 7.14. The number of furan rings is 1. The van der Waals surface area contributed by atoms with Gasteiger partial charge in [-0.15, -0.1) is 11.3 Å². The number of hydrazone groups is 1. The summed E-state index contributed by atoms with van der Waals surface area (Å²) >= 11 is 1.59. The molecule has 0 saturated heterocycles. The number of carbonyl (C=O) groups excluding carboxylic acids is 1. The zero-order valence-electron chi connectivity index (χ0n) is 14.3.